The van der Waals surface area contributed by atoms with Crippen LogP contribution in [-0.4, -0.2) is 17.4 Å². The van der Waals surface area contributed by atoms with Crippen LogP contribution in [0.3, 0.4) is 0 Å². The lowest BCUT2D eigenvalue weighted by Gasteiger charge is -1.95. The summed E-state index contributed by atoms with van der Waals surface area (Å²) in [6, 6.07) is 2.33. The van der Waals surface area contributed by atoms with Gasteiger partial charge < -0.3 is 0 Å². The Bertz CT molecular complexity index is 140. The lowest BCUT2D eigenvalue weighted by Crippen LogP contribution is -1.96. The quantitative estimate of drug-likeness (QED) is 0.431. The first-order valence-corrected chi connectivity index (χ1v) is 3.52. The van der Waals surface area contributed by atoms with Crippen molar-refractivity contribution in [3.8, 4) is 0 Å². The molecule has 0 saturated heterocycles. The molecule has 0 aliphatic heterocycles. The second-order valence-corrected chi connectivity index (χ2v) is 2.92. The first-order valence-electron chi connectivity index (χ1n) is 3.08. The first-order chi connectivity index (χ1) is 4.33. The zero-order valence-corrected chi connectivity index (χ0v) is 5.86. The predicted octanol–water partition coefficient (Wildman–Crippen LogP) is 1.90. The van der Waals surface area contributed by atoms with Crippen LogP contribution in [0.15, 0.2) is 4.99 Å². The third-order valence-electron chi connectivity index (χ3n) is 1.59. The number of rotatable bonds is 1. The van der Waals surface area contributed by atoms with Gasteiger partial charge >= 0.3 is 0 Å². The fourth-order valence-corrected chi connectivity index (χ4v) is 1.44. The van der Waals surface area contributed by atoms with Crippen molar-refractivity contribution in [3.05, 3.63) is 0 Å². The van der Waals surface area contributed by atoms with Crippen molar-refractivity contribution >= 4 is 17.6 Å². The van der Waals surface area contributed by atoms with Gasteiger partial charge in [-0.3, -0.25) is 0 Å². The van der Waals surface area contributed by atoms with Crippen LogP contribution in [-0.2, 0) is 0 Å². The van der Waals surface area contributed by atoms with E-state index in [1.165, 1.54) is 0 Å². The molecular formula is C6H9ClN2. The fourth-order valence-electron chi connectivity index (χ4n) is 1.11. The first kappa shape index (κ1) is 6.79. The zero-order valence-electron chi connectivity index (χ0n) is 5.10. The molecule has 0 bridgehead atoms. The Morgan fingerprint density at radius 3 is 2.78 bits per heavy atom. The van der Waals surface area contributed by atoms with Gasteiger partial charge in [0, 0.05) is 5.38 Å². The molecule has 2 atom stereocenters. The average molecular weight is 145 g/mol. The van der Waals surface area contributed by atoms with E-state index in [4.69, 9.17) is 17.0 Å². The molecule has 50 valence electrons. The molecule has 1 saturated carbocycles. The zero-order chi connectivity index (χ0) is 6.69. The summed E-state index contributed by atoms with van der Waals surface area (Å²) in [5.41, 5.74) is 0. The molecule has 1 aliphatic rings. The molecule has 0 aromatic heterocycles. The Morgan fingerprint density at radius 1 is 1.56 bits per heavy atom. The SMILES string of the molecule is N=C=NC1CCC(Cl)C1. The Balaban J connectivity index is 2.38. The molecule has 2 nitrogen and oxygen atoms in total. The van der Waals surface area contributed by atoms with E-state index in [0.717, 1.165) is 19.3 Å². The number of aliphatic imine (C=N–C) groups is 1. The smallest absolute Gasteiger partial charge is 0.0864 e. The molecule has 0 radical (unpaired) electrons. The molecule has 1 aliphatic carbocycles. The molecule has 1 rings (SSSR count). The van der Waals surface area contributed by atoms with Gasteiger partial charge in [-0.15, -0.1) is 11.6 Å². The number of halogens is 1. The topological polar surface area (TPSA) is 36.2 Å². The van der Waals surface area contributed by atoms with Crippen LogP contribution in [0.25, 0.3) is 0 Å². The number of hydrogen-bond acceptors (Lipinski definition) is 2. The Morgan fingerprint density at radius 2 is 2.33 bits per heavy atom. The second kappa shape index (κ2) is 3.00. The van der Waals surface area contributed by atoms with E-state index in [1.54, 1.807) is 0 Å². The maximum absolute atomic E-state index is 6.57. The molecule has 1 N–H and O–H groups in total. The van der Waals surface area contributed by atoms with E-state index >= 15 is 0 Å². The minimum Gasteiger partial charge on any atom is -0.242 e. The third kappa shape index (κ3) is 1.81. The van der Waals surface area contributed by atoms with Crippen molar-refractivity contribution in [2.75, 3.05) is 0 Å². The molecule has 0 aromatic carbocycles. The highest BCUT2D eigenvalue weighted by molar-refractivity contribution is 6.20. The largest absolute Gasteiger partial charge is 0.242 e. The standard InChI is InChI=1S/C6H9ClN2/c7-5-1-2-6(3-5)9-4-8/h5-6,8H,1-3H2. The van der Waals surface area contributed by atoms with Crippen molar-refractivity contribution in [2.45, 2.75) is 30.7 Å². The van der Waals surface area contributed by atoms with E-state index in [2.05, 4.69) is 4.99 Å². The van der Waals surface area contributed by atoms with Gasteiger partial charge in [0.05, 0.1) is 12.1 Å². The summed E-state index contributed by atoms with van der Waals surface area (Å²) in [4.78, 5) is 3.81. The third-order valence-corrected chi connectivity index (χ3v) is 1.98. The molecule has 9 heavy (non-hydrogen) atoms. The summed E-state index contributed by atoms with van der Waals surface area (Å²) in [6.07, 6.45) is 2.99. The second-order valence-electron chi connectivity index (χ2n) is 2.31. The van der Waals surface area contributed by atoms with Gasteiger partial charge in [-0.1, -0.05) is 0 Å². The van der Waals surface area contributed by atoms with Gasteiger partial charge in [0.25, 0.3) is 0 Å². The Hall–Kier alpha value is -0.330. The number of nitrogens with zero attached hydrogens (tertiary/aromatic N) is 1. The number of hydrogen-bond donors (Lipinski definition) is 1. The maximum atomic E-state index is 6.57. The highest BCUT2D eigenvalue weighted by Crippen LogP contribution is 2.25. The van der Waals surface area contributed by atoms with E-state index < -0.39 is 0 Å². The molecule has 1 fully saturated rings. The van der Waals surface area contributed by atoms with Crippen LogP contribution < -0.4 is 0 Å². The van der Waals surface area contributed by atoms with Crippen LogP contribution in [0, 0.1) is 5.41 Å². The summed E-state index contributed by atoms with van der Waals surface area (Å²) in [6.45, 7) is 0. The van der Waals surface area contributed by atoms with Crippen LogP contribution in [0.1, 0.15) is 19.3 Å². The summed E-state index contributed by atoms with van der Waals surface area (Å²) in [7, 11) is 0. The van der Waals surface area contributed by atoms with Gasteiger partial charge in [0.15, 0.2) is 0 Å². The number of alkyl halides is 1. The number of nitrogens with one attached hydrogen (secondary N) is 1. The van der Waals surface area contributed by atoms with Gasteiger partial charge in [-0.05, 0) is 19.3 Å². The van der Waals surface area contributed by atoms with Crippen LogP contribution in [0.2, 0.25) is 0 Å². The minimum absolute atomic E-state index is 0.282. The summed E-state index contributed by atoms with van der Waals surface area (Å²) >= 11 is 5.79. The molecule has 0 amide bonds. The van der Waals surface area contributed by atoms with Crippen molar-refractivity contribution in [1.29, 1.82) is 5.41 Å². The van der Waals surface area contributed by atoms with E-state index in [0.29, 0.717) is 0 Å². The molecule has 0 aromatic rings. The van der Waals surface area contributed by atoms with E-state index in [-0.39, 0.29) is 11.4 Å². The van der Waals surface area contributed by atoms with E-state index in [9.17, 15) is 0 Å². The van der Waals surface area contributed by atoms with Crippen molar-refractivity contribution < 1.29 is 0 Å². The van der Waals surface area contributed by atoms with Crippen LogP contribution in [0.5, 0.6) is 0 Å². The summed E-state index contributed by atoms with van der Waals surface area (Å²) in [5, 5.41) is 6.86. The minimum atomic E-state index is 0.282. The van der Waals surface area contributed by atoms with Crippen molar-refractivity contribution in [1.82, 2.24) is 0 Å². The van der Waals surface area contributed by atoms with Crippen molar-refractivity contribution in [2.24, 2.45) is 4.99 Å². The van der Waals surface area contributed by atoms with Crippen LogP contribution >= 0.6 is 11.6 Å². The Kier molecular flexibility index (Phi) is 2.26. The molecule has 2 unspecified atom stereocenters. The van der Waals surface area contributed by atoms with E-state index in [1.807, 2.05) is 6.01 Å². The molecular weight excluding hydrogens is 136 g/mol. The molecule has 0 heterocycles. The fraction of sp³-hybridized carbons (Fsp3) is 0.833. The van der Waals surface area contributed by atoms with Crippen LogP contribution in [0.4, 0.5) is 0 Å². The normalized spacial score (nSPS) is 33.9. The molecule has 3 heteroatoms. The van der Waals surface area contributed by atoms with Gasteiger partial charge in [-0.2, -0.15) is 0 Å². The van der Waals surface area contributed by atoms with Gasteiger partial charge in [-0.25, -0.2) is 10.4 Å². The lowest BCUT2D eigenvalue weighted by molar-refractivity contribution is 0.711. The molecule has 0 spiro atoms. The maximum Gasteiger partial charge on any atom is 0.0864 e. The lowest BCUT2D eigenvalue weighted by atomic mass is 10.3. The highest BCUT2D eigenvalue weighted by atomic mass is 35.5. The van der Waals surface area contributed by atoms with Crippen molar-refractivity contribution in [3.63, 3.8) is 0 Å². The monoisotopic (exact) mass is 144 g/mol. The van der Waals surface area contributed by atoms with Gasteiger partial charge in [0.2, 0.25) is 0 Å². The predicted molar refractivity (Wildman–Crippen MR) is 37.4 cm³/mol. The Labute approximate surface area is 59.4 Å². The summed E-state index contributed by atoms with van der Waals surface area (Å²) < 4.78 is 0. The summed E-state index contributed by atoms with van der Waals surface area (Å²) in [5.74, 6) is 0. The highest BCUT2D eigenvalue weighted by Gasteiger charge is 2.21. The van der Waals surface area contributed by atoms with Gasteiger partial charge in [0.1, 0.15) is 0 Å². The average Bonchev–Trinajstić information content (AvgIpc) is 2.17.